The Kier molecular flexibility index (Phi) is 4.16. The van der Waals surface area contributed by atoms with Crippen LogP contribution in [0.25, 0.3) is 22.9 Å². The molecule has 0 saturated heterocycles. The largest absolute Gasteiger partial charge is 0.478 e. The Hall–Kier alpha value is -2.95. The van der Waals surface area contributed by atoms with Crippen LogP contribution in [0, 0.1) is 6.92 Å². The highest BCUT2D eigenvalue weighted by Gasteiger charge is 2.13. The number of carboxylic acid groups (broad SMARTS) is 1. The van der Waals surface area contributed by atoms with E-state index in [9.17, 15) is 4.79 Å². The molecule has 1 heterocycles. The predicted octanol–water partition coefficient (Wildman–Crippen LogP) is 4.53. The van der Waals surface area contributed by atoms with Crippen molar-refractivity contribution in [2.75, 3.05) is 0 Å². The first-order valence-corrected chi connectivity index (χ1v) is 7.73. The van der Waals surface area contributed by atoms with Crippen LogP contribution in [0.15, 0.2) is 46.9 Å². The quantitative estimate of drug-likeness (QED) is 0.763. The lowest BCUT2D eigenvalue weighted by molar-refractivity contribution is 0.0697. The molecular weight excluding hydrogens is 304 g/mol. The van der Waals surface area contributed by atoms with Crippen LogP contribution in [-0.2, 0) is 0 Å². The van der Waals surface area contributed by atoms with Crippen LogP contribution in [0.5, 0.6) is 0 Å². The van der Waals surface area contributed by atoms with Gasteiger partial charge in [0.1, 0.15) is 0 Å². The summed E-state index contributed by atoms with van der Waals surface area (Å²) in [6.07, 6.45) is 0. The van der Waals surface area contributed by atoms with Crippen molar-refractivity contribution in [3.63, 3.8) is 0 Å². The lowest BCUT2D eigenvalue weighted by atomic mass is 10.0. The van der Waals surface area contributed by atoms with Gasteiger partial charge in [0.25, 0.3) is 0 Å². The van der Waals surface area contributed by atoms with E-state index in [4.69, 9.17) is 9.52 Å². The van der Waals surface area contributed by atoms with Crippen molar-refractivity contribution in [1.82, 2.24) is 10.2 Å². The molecule has 0 saturated carbocycles. The molecule has 0 atom stereocenters. The van der Waals surface area contributed by atoms with Crippen molar-refractivity contribution in [1.29, 1.82) is 0 Å². The summed E-state index contributed by atoms with van der Waals surface area (Å²) in [5.74, 6) is 0.200. The normalized spacial score (nSPS) is 11.0. The molecule has 0 amide bonds. The minimum absolute atomic E-state index is 0.200. The van der Waals surface area contributed by atoms with Crippen LogP contribution in [-0.4, -0.2) is 21.3 Å². The number of rotatable bonds is 4. The fourth-order valence-electron chi connectivity index (χ4n) is 2.50. The Balaban J connectivity index is 1.95. The molecule has 122 valence electrons. The summed E-state index contributed by atoms with van der Waals surface area (Å²) in [6, 6.07) is 12.9. The van der Waals surface area contributed by atoms with Gasteiger partial charge < -0.3 is 9.52 Å². The second-order valence-corrected chi connectivity index (χ2v) is 6.08. The van der Waals surface area contributed by atoms with E-state index in [2.05, 4.69) is 24.0 Å². The maximum absolute atomic E-state index is 11.2. The molecule has 0 radical (unpaired) electrons. The van der Waals surface area contributed by atoms with Crippen molar-refractivity contribution in [3.8, 4) is 22.9 Å². The number of aromatic carboxylic acids is 1. The fourth-order valence-corrected chi connectivity index (χ4v) is 2.50. The summed E-state index contributed by atoms with van der Waals surface area (Å²) >= 11 is 0. The zero-order valence-electron chi connectivity index (χ0n) is 13.8. The molecule has 0 spiro atoms. The lowest BCUT2D eigenvalue weighted by Gasteiger charge is -2.04. The standard InChI is InChI=1S/C19H18N2O3/c1-11(2)13-4-6-14(7-5-13)17-20-21-18(24-17)15-8-12(3)9-16(10-15)19(22)23/h4-11H,1-3H3,(H,22,23). The molecule has 1 N–H and O–H groups in total. The number of carboxylic acids is 1. The van der Waals surface area contributed by atoms with Crippen molar-refractivity contribution >= 4 is 5.97 Å². The van der Waals surface area contributed by atoms with E-state index in [-0.39, 0.29) is 5.56 Å². The Bertz CT molecular complexity index is 880. The molecule has 0 unspecified atom stereocenters. The Morgan fingerprint density at radius 1 is 1.00 bits per heavy atom. The minimum Gasteiger partial charge on any atom is -0.478 e. The van der Waals surface area contributed by atoms with Gasteiger partial charge in [-0.2, -0.15) is 0 Å². The fraction of sp³-hybridized carbons (Fsp3) is 0.211. The lowest BCUT2D eigenvalue weighted by Crippen LogP contribution is -1.97. The predicted molar refractivity (Wildman–Crippen MR) is 91.0 cm³/mol. The van der Waals surface area contributed by atoms with Crippen LogP contribution in [0.1, 0.15) is 41.3 Å². The molecule has 0 fully saturated rings. The summed E-state index contributed by atoms with van der Waals surface area (Å²) < 4.78 is 5.73. The molecule has 5 nitrogen and oxygen atoms in total. The van der Waals surface area contributed by atoms with Gasteiger partial charge in [0.05, 0.1) is 5.56 Å². The van der Waals surface area contributed by atoms with Crippen molar-refractivity contribution in [2.45, 2.75) is 26.7 Å². The van der Waals surface area contributed by atoms with Crippen molar-refractivity contribution < 1.29 is 14.3 Å². The first-order chi connectivity index (χ1) is 11.4. The third-order valence-electron chi connectivity index (χ3n) is 3.82. The number of aromatic nitrogens is 2. The summed E-state index contributed by atoms with van der Waals surface area (Å²) in [4.78, 5) is 11.2. The van der Waals surface area contributed by atoms with Crippen LogP contribution in [0.3, 0.4) is 0 Å². The van der Waals surface area contributed by atoms with Gasteiger partial charge in [0.2, 0.25) is 11.8 Å². The van der Waals surface area contributed by atoms with E-state index in [0.717, 1.165) is 11.1 Å². The van der Waals surface area contributed by atoms with Crippen LogP contribution >= 0.6 is 0 Å². The van der Waals surface area contributed by atoms with Gasteiger partial charge in [0.15, 0.2) is 0 Å². The number of hydrogen-bond donors (Lipinski definition) is 1. The minimum atomic E-state index is -0.982. The molecule has 0 aliphatic carbocycles. The molecule has 3 rings (SSSR count). The molecule has 3 aromatic rings. The van der Waals surface area contributed by atoms with Crippen LogP contribution in [0.2, 0.25) is 0 Å². The molecule has 24 heavy (non-hydrogen) atoms. The monoisotopic (exact) mass is 322 g/mol. The number of benzene rings is 2. The van der Waals surface area contributed by atoms with E-state index in [1.165, 1.54) is 11.6 Å². The summed E-state index contributed by atoms with van der Waals surface area (Å²) in [5, 5.41) is 17.3. The molecule has 2 aromatic carbocycles. The summed E-state index contributed by atoms with van der Waals surface area (Å²) in [7, 11) is 0. The summed E-state index contributed by atoms with van der Waals surface area (Å²) in [6.45, 7) is 6.10. The molecule has 0 bridgehead atoms. The van der Waals surface area contributed by atoms with E-state index < -0.39 is 5.97 Å². The van der Waals surface area contributed by atoms with Crippen LogP contribution < -0.4 is 0 Å². The molecule has 5 heteroatoms. The average Bonchev–Trinajstić information content (AvgIpc) is 3.04. The highest BCUT2D eigenvalue weighted by Crippen LogP contribution is 2.26. The Morgan fingerprint density at radius 3 is 2.21 bits per heavy atom. The first kappa shape index (κ1) is 15.9. The SMILES string of the molecule is Cc1cc(C(=O)O)cc(-c2nnc(-c3ccc(C(C)C)cc3)o2)c1. The zero-order valence-corrected chi connectivity index (χ0v) is 13.8. The second kappa shape index (κ2) is 6.28. The van der Waals surface area contributed by atoms with E-state index in [1.807, 2.05) is 37.3 Å². The smallest absolute Gasteiger partial charge is 0.335 e. The van der Waals surface area contributed by atoms with Gasteiger partial charge in [0, 0.05) is 11.1 Å². The highest BCUT2D eigenvalue weighted by molar-refractivity contribution is 5.89. The highest BCUT2D eigenvalue weighted by atomic mass is 16.4. The van der Waals surface area contributed by atoms with Gasteiger partial charge in [-0.3, -0.25) is 0 Å². The first-order valence-electron chi connectivity index (χ1n) is 7.73. The van der Waals surface area contributed by atoms with Gasteiger partial charge in [-0.25, -0.2) is 4.79 Å². The maximum atomic E-state index is 11.2. The maximum Gasteiger partial charge on any atom is 0.335 e. The average molecular weight is 322 g/mol. The molecule has 0 aliphatic rings. The van der Waals surface area contributed by atoms with Crippen molar-refractivity contribution in [2.24, 2.45) is 0 Å². The molecule has 0 aliphatic heterocycles. The Labute approximate surface area is 140 Å². The van der Waals surface area contributed by atoms with E-state index in [1.54, 1.807) is 6.07 Å². The molecular formula is C19H18N2O3. The third kappa shape index (κ3) is 3.20. The third-order valence-corrected chi connectivity index (χ3v) is 3.82. The van der Waals surface area contributed by atoms with E-state index in [0.29, 0.717) is 23.3 Å². The van der Waals surface area contributed by atoms with Crippen molar-refractivity contribution in [3.05, 3.63) is 59.2 Å². The number of nitrogens with zero attached hydrogens (tertiary/aromatic N) is 2. The van der Waals surface area contributed by atoms with Gasteiger partial charge in [-0.15, -0.1) is 10.2 Å². The van der Waals surface area contributed by atoms with Gasteiger partial charge in [-0.1, -0.05) is 26.0 Å². The zero-order chi connectivity index (χ0) is 17.3. The van der Waals surface area contributed by atoms with Gasteiger partial charge in [-0.05, 0) is 54.3 Å². The van der Waals surface area contributed by atoms with E-state index >= 15 is 0 Å². The summed E-state index contributed by atoms with van der Waals surface area (Å²) in [5.41, 5.74) is 3.70. The number of hydrogen-bond acceptors (Lipinski definition) is 4. The number of carbonyl (C=O) groups is 1. The second-order valence-electron chi connectivity index (χ2n) is 6.08. The van der Waals surface area contributed by atoms with Crippen LogP contribution in [0.4, 0.5) is 0 Å². The molecule has 1 aromatic heterocycles. The number of aryl methyl sites for hydroxylation is 1. The topological polar surface area (TPSA) is 76.2 Å². The Morgan fingerprint density at radius 2 is 1.62 bits per heavy atom. The van der Waals surface area contributed by atoms with Gasteiger partial charge >= 0.3 is 5.97 Å².